The van der Waals surface area contributed by atoms with Crippen molar-refractivity contribution >= 4 is 34.4 Å². The molecule has 0 fully saturated rings. The lowest BCUT2D eigenvalue weighted by atomic mass is 10.1. The van der Waals surface area contributed by atoms with Gasteiger partial charge in [0.05, 0.1) is 5.39 Å². The van der Waals surface area contributed by atoms with Crippen molar-refractivity contribution in [2.24, 2.45) is 7.05 Å². The van der Waals surface area contributed by atoms with E-state index in [0.717, 1.165) is 5.56 Å². The number of aromatic nitrogens is 4. The van der Waals surface area contributed by atoms with Gasteiger partial charge in [-0.15, -0.1) is 0 Å². The highest BCUT2D eigenvalue weighted by Crippen LogP contribution is 2.30. The Balaban J connectivity index is 2.33. The quantitative estimate of drug-likeness (QED) is 0.706. The zero-order valence-corrected chi connectivity index (χ0v) is 10.9. The number of nitrogens with two attached hydrogens (primary N) is 2. The van der Waals surface area contributed by atoms with Gasteiger partial charge in [0.1, 0.15) is 11.5 Å². The molecular formula is C12H11ClN6. The number of hydrogen-bond acceptors (Lipinski definition) is 5. The molecule has 96 valence electrons. The van der Waals surface area contributed by atoms with Crippen molar-refractivity contribution in [1.29, 1.82) is 0 Å². The summed E-state index contributed by atoms with van der Waals surface area (Å²) in [7, 11) is 1.79. The molecular weight excluding hydrogens is 264 g/mol. The number of hydrogen-bond donors (Lipinski definition) is 2. The fourth-order valence-corrected chi connectivity index (χ4v) is 2.13. The normalized spacial score (nSPS) is 11.1. The van der Waals surface area contributed by atoms with Crippen LogP contribution in [0.3, 0.4) is 0 Å². The lowest BCUT2D eigenvalue weighted by Crippen LogP contribution is -2.01. The minimum atomic E-state index is 0.135. The van der Waals surface area contributed by atoms with Crippen LogP contribution in [0.2, 0.25) is 5.02 Å². The summed E-state index contributed by atoms with van der Waals surface area (Å²) in [5.41, 5.74) is 13.7. The van der Waals surface area contributed by atoms with Gasteiger partial charge in [-0.25, -0.2) is 4.68 Å². The summed E-state index contributed by atoms with van der Waals surface area (Å²) < 4.78 is 1.63. The van der Waals surface area contributed by atoms with E-state index in [1.807, 2.05) is 12.1 Å². The maximum absolute atomic E-state index is 5.93. The second-order valence-corrected chi connectivity index (χ2v) is 4.58. The second-order valence-electron chi connectivity index (χ2n) is 4.14. The van der Waals surface area contributed by atoms with Crippen molar-refractivity contribution in [3.8, 4) is 11.3 Å². The Morgan fingerprint density at radius 1 is 1.11 bits per heavy atom. The first kappa shape index (κ1) is 11.7. The van der Waals surface area contributed by atoms with Gasteiger partial charge in [0, 0.05) is 17.6 Å². The summed E-state index contributed by atoms with van der Waals surface area (Å²) in [6, 6.07) is 7.34. The first-order valence-corrected chi connectivity index (χ1v) is 5.95. The van der Waals surface area contributed by atoms with Gasteiger partial charge in [-0.3, -0.25) is 0 Å². The molecule has 0 spiro atoms. The molecule has 0 saturated heterocycles. The van der Waals surface area contributed by atoms with Crippen LogP contribution in [0.5, 0.6) is 0 Å². The smallest absolute Gasteiger partial charge is 0.224 e. The van der Waals surface area contributed by atoms with E-state index >= 15 is 0 Å². The average molecular weight is 275 g/mol. The zero-order valence-electron chi connectivity index (χ0n) is 10.1. The van der Waals surface area contributed by atoms with E-state index in [2.05, 4.69) is 15.1 Å². The molecule has 0 aliphatic carbocycles. The predicted molar refractivity (Wildman–Crippen MR) is 75.6 cm³/mol. The number of fused-ring (bicyclic) bond motifs is 1. The van der Waals surface area contributed by atoms with Gasteiger partial charge in [-0.2, -0.15) is 15.1 Å². The third kappa shape index (κ3) is 1.86. The molecule has 2 aromatic heterocycles. The summed E-state index contributed by atoms with van der Waals surface area (Å²) in [6.07, 6.45) is 0. The van der Waals surface area contributed by atoms with Gasteiger partial charge >= 0.3 is 0 Å². The molecule has 0 unspecified atom stereocenters. The highest BCUT2D eigenvalue weighted by Gasteiger charge is 2.16. The molecule has 1 aromatic carbocycles. The van der Waals surface area contributed by atoms with Gasteiger partial charge in [-0.1, -0.05) is 23.7 Å². The largest absolute Gasteiger partial charge is 0.383 e. The molecule has 19 heavy (non-hydrogen) atoms. The van der Waals surface area contributed by atoms with E-state index < -0.39 is 0 Å². The van der Waals surface area contributed by atoms with E-state index in [1.54, 1.807) is 23.9 Å². The van der Waals surface area contributed by atoms with Crippen LogP contribution in [0.1, 0.15) is 0 Å². The predicted octanol–water partition coefficient (Wildman–Crippen LogP) is 1.85. The Morgan fingerprint density at radius 2 is 1.79 bits per heavy atom. The first-order chi connectivity index (χ1) is 9.06. The number of aryl methyl sites for hydroxylation is 1. The van der Waals surface area contributed by atoms with Crippen molar-refractivity contribution in [2.45, 2.75) is 0 Å². The first-order valence-electron chi connectivity index (χ1n) is 5.58. The van der Waals surface area contributed by atoms with E-state index in [-0.39, 0.29) is 5.95 Å². The van der Waals surface area contributed by atoms with E-state index in [9.17, 15) is 0 Å². The number of rotatable bonds is 1. The van der Waals surface area contributed by atoms with Crippen molar-refractivity contribution in [3.05, 3.63) is 29.3 Å². The third-order valence-corrected chi connectivity index (χ3v) is 3.10. The van der Waals surface area contributed by atoms with Crippen LogP contribution in [-0.2, 0) is 7.05 Å². The monoisotopic (exact) mass is 274 g/mol. The fourth-order valence-electron chi connectivity index (χ4n) is 2.00. The Labute approximate surface area is 114 Å². The summed E-state index contributed by atoms with van der Waals surface area (Å²) in [4.78, 5) is 8.14. The summed E-state index contributed by atoms with van der Waals surface area (Å²) in [5, 5.41) is 5.78. The van der Waals surface area contributed by atoms with Crippen LogP contribution in [0.4, 0.5) is 11.8 Å². The van der Waals surface area contributed by atoms with Crippen LogP contribution in [-0.4, -0.2) is 19.7 Å². The Bertz CT molecular complexity index is 762. The standard InChI is InChI=1S/C12H11ClN6/c1-19-11-8(10(14)16-12(15)17-11)9(18-19)6-2-4-7(13)5-3-6/h2-5H,1H3,(H4,14,15,16,17). The van der Waals surface area contributed by atoms with Crippen molar-refractivity contribution < 1.29 is 0 Å². The van der Waals surface area contributed by atoms with E-state index in [4.69, 9.17) is 23.1 Å². The van der Waals surface area contributed by atoms with Gasteiger partial charge in [0.2, 0.25) is 5.95 Å². The lowest BCUT2D eigenvalue weighted by Gasteiger charge is -2.01. The van der Waals surface area contributed by atoms with Crippen LogP contribution in [0.15, 0.2) is 24.3 Å². The van der Waals surface area contributed by atoms with E-state index in [1.165, 1.54) is 0 Å². The molecule has 0 bridgehead atoms. The van der Waals surface area contributed by atoms with Gasteiger partial charge in [0.25, 0.3) is 0 Å². The van der Waals surface area contributed by atoms with Crippen molar-refractivity contribution in [1.82, 2.24) is 19.7 Å². The number of nitrogens with zero attached hydrogens (tertiary/aromatic N) is 4. The summed E-state index contributed by atoms with van der Waals surface area (Å²) in [5.74, 6) is 0.455. The molecule has 0 radical (unpaired) electrons. The summed E-state index contributed by atoms with van der Waals surface area (Å²) >= 11 is 5.88. The Morgan fingerprint density at radius 3 is 2.47 bits per heavy atom. The van der Waals surface area contributed by atoms with E-state index in [0.29, 0.717) is 27.6 Å². The maximum Gasteiger partial charge on any atom is 0.224 e. The number of halogens is 1. The van der Waals surface area contributed by atoms with Crippen LogP contribution in [0.25, 0.3) is 22.3 Å². The number of nitrogen functional groups attached to an aromatic ring is 2. The highest BCUT2D eigenvalue weighted by atomic mass is 35.5. The molecule has 3 aromatic rings. The molecule has 7 heteroatoms. The highest BCUT2D eigenvalue weighted by molar-refractivity contribution is 6.30. The lowest BCUT2D eigenvalue weighted by molar-refractivity contribution is 0.789. The number of anilines is 2. The van der Waals surface area contributed by atoms with Gasteiger partial charge in [-0.05, 0) is 12.1 Å². The van der Waals surface area contributed by atoms with Crippen LogP contribution in [0, 0.1) is 0 Å². The number of benzene rings is 1. The van der Waals surface area contributed by atoms with Crippen LogP contribution < -0.4 is 11.5 Å². The minimum absolute atomic E-state index is 0.135. The Hall–Kier alpha value is -2.34. The maximum atomic E-state index is 5.93. The average Bonchev–Trinajstić information content (AvgIpc) is 2.68. The fraction of sp³-hybridized carbons (Fsp3) is 0.0833. The molecule has 0 saturated carbocycles. The molecule has 0 amide bonds. The van der Waals surface area contributed by atoms with Crippen LogP contribution >= 0.6 is 11.6 Å². The zero-order chi connectivity index (χ0) is 13.6. The van der Waals surface area contributed by atoms with Crippen molar-refractivity contribution in [2.75, 3.05) is 11.5 Å². The van der Waals surface area contributed by atoms with Gasteiger partial charge < -0.3 is 11.5 Å². The topological polar surface area (TPSA) is 95.6 Å². The summed E-state index contributed by atoms with van der Waals surface area (Å²) in [6.45, 7) is 0. The van der Waals surface area contributed by atoms with Crippen molar-refractivity contribution in [3.63, 3.8) is 0 Å². The molecule has 2 heterocycles. The Kier molecular flexibility index (Phi) is 2.53. The third-order valence-electron chi connectivity index (χ3n) is 2.85. The SMILES string of the molecule is Cn1nc(-c2ccc(Cl)cc2)c2c(N)nc(N)nc21. The molecule has 0 aliphatic heterocycles. The molecule has 4 N–H and O–H groups in total. The molecule has 6 nitrogen and oxygen atoms in total. The molecule has 3 rings (SSSR count). The molecule has 0 atom stereocenters. The van der Waals surface area contributed by atoms with Gasteiger partial charge in [0.15, 0.2) is 5.65 Å². The molecule has 0 aliphatic rings. The second kappa shape index (κ2) is 4.10. The minimum Gasteiger partial charge on any atom is -0.383 e.